The Bertz CT molecular complexity index is 579. The van der Waals surface area contributed by atoms with Crippen LogP contribution < -0.4 is 5.32 Å². The lowest BCUT2D eigenvalue weighted by Crippen LogP contribution is -2.17. The number of aromatic nitrogens is 3. The normalized spacial score (nSPS) is 10.4. The molecule has 2 rings (SSSR count). The van der Waals surface area contributed by atoms with Crippen LogP contribution in [0, 0.1) is 6.92 Å². The maximum atomic E-state index is 12.1. The molecule has 0 aliphatic heterocycles. The Hall–Kier alpha value is -1.88. The summed E-state index contributed by atoms with van der Waals surface area (Å²) in [5, 5.41) is 7.25. The number of carbonyl (C=O) groups excluding carboxylic acids is 1. The van der Waals surface area contributed by atoms with E-state index in [4.69, 9.17) is 11.6 Å². The van der Waals surface area contributed by atoms with Crippen LogP contribution >= 0.6 is 11.6 Å². The van der Waals surface area contributed by atoms with Gasteiger partial charge in [-0.05, 0) is 32.0 Å². The van der Waals surface area contributed by atoms with Crippen LogP contribution in [0.5, 0.6) is 0 Å². The van der Waals surface area contributed by atoms with Crippen molar-refractivity contribution in [1.82, 2.24) is 14.8 Å². The van der Waals surface area contributed by atoms with Gasteiger partial charge in [-0.1, -0.05) is 17.7 Å². The van der Waals surface area contributed by atoms with E-state index in [-0.39, 0.29) is 5.91 Å². The number of carbonyl (C=O) groups is 1. The van der Waals surface area contributed by atoms with Crippen LogP contribution in [-0.2, 0) is 6.54 Å². The molecule has 2 heterocycles. The second-order valence-electron chi connectivity index (χ2n) is 3.79. The Kier molecular flexibility index (Phi) is 3.62. The number of aryl methyl sites for hydroxylation is 2. The Morgan fingerprint density at radius 3 is 2.94 bits per heavy atom. The first-order chi connectivity index (χ1) is 8.60. The molecule has 0 aliphatic carbocycles. The fourth-order valence-electron chi connectivity index (χ4n) is 1.63. The minimum absolute atomic E-state index is 0.243. The number of amides is 1. The molecule has 1 N–H and O–H groups in total. The Balaban J connectivity index is 2.21. The van der Waals surface area contributed by atoms with E-state index in [2.05, 4.69) is 15.4 Å². The first-order valence-corrected chi connectivity index (χ1v) is 5.96. The zero-order chi connectivity index (χ0) is 13.1. The van der Waals surface area contributed by atoms with E-state index in [1.165, 1.54) is 0 Å². The van der Waals surface area contributed by atoms with E-state index in [1.807, 2.05) is 13.8 Å². The molecule has 5 nitrogen and oxygen atoms in total. The monoisotopic (exact) mass is 264 g/mol. The van der Waals surface area contributed by atoms with Crippen LogP contribution in [0.15, 0.2) is 24.3 Å². The highest BCUT2D eigenvalue weighted by atomic mass is 35.5. The van der Waals surface area contributed by atoms with Gasteiger partial charge in [0.2, 0.25) is 0 Å². The molecule has 0 fully saturated rings. The first kappa shape index (κ1) is 12.6. The van der Waals surface area contributed by atoms with Crippen molar-refractivity contribution in [3.8, 4) is 0 Å². The zero-order valence-electron chi connectivity index (χ0n) is 10.1. The molecule has 94 valence electrons. The van der Waals surface area contributed by atoms with Gasteiger partial charge in [0.15, 0.2) is 0 Å². The van der Waals surface area contributed by atoms with E-state index in [1.54, 1.807) is 28.9 Å². The van der Waals surface area contributed by atoms with Crippen LogP contribution in [0.3, 0.4) is 0 Å². The van der Waals surface area contributed by atoms with Gasteiger partial charge in [0.25, 0.3) is 5.91 Å². The molecule has 0 bridgehead atoms. The Morgan fingerprint density at radius 1 is 1.50 bits per heavy atom. The number of anilines is 1. The van der Waals surface area contributed by atoms with Crippen molar-refractivity contribution < 1.29 is 4.79 Å². The van der Waals surface area contributed by atoms with Gasteiger partial charge in [0.05, 0.1) is 5.69 Å². The number of nitrogens with zero attached hydrogens (tertiary/aromatic N) is 3. The Morgan fingerprint density at radius 2 is 2.28 bits per heavy atom. The van der Waals surface area contributed by atoms with E-state index < -0.39 is 0 Å². The van der Waals surface area contributed by atoms with E-state index in [9.17, 15) is 4.79 Å². The molecule has 0 aromatic carbocycles. The third-order valence-electron chi connectivity index (χ3n) is 2.39. The largest absolute Gasteiger partial charge is 0.305 e. The summed E-state index contributed by atoms with van der Waals surface area (Å²) < 4.78 is 1.65. The van der Waals surface area contributed by atoms with Gasteiger partial charge in [-0.2, -0.15) is 5.10 Å². The average molecular weight is 265 g/mol. The van der Waals surface area contributed by atoms with Crippen LogP contribution in [0.1, 0.15) is 23.1 Å². The Labute approximate surface area is 110 Å². The van der Waals surface area contributed by atoms with Crippen LogP contribution in [-0.4, -0.2) is 20.7 Å². The van der Waals surface area contributed by atoms with E-state index in [0.717, 1.165) is 5.69 Å². The summed E-state index contributed by atoms with van der Waals surface area (Å²) in [7, 11) is 0. The van der Waals surface area contributed by atoms with Gasteiger partial charge < -0.3 is 5.32 Å². The first-order valence-electron chi connectivity index (χ1n) is 5.58. The van der Waals surface area contributed by atoms with Crippen LogP contribution in [0.2, 0.25) is 5.15 Å². The highest BCUT2D eigenvalue weighted by Gasteiger charge is 2.13. The second kappa shape index (κ2) is 5.18. The summed E-state index contributed by atoms with van der Waals surface area (Å²) in [6, 6.07) is 6.80. The SMILES string of the molecule is CCn1nc(C)cc1C(=O)Nc1cccc(Cl)n1. The maximum Gasteiger partial charge on any atom is 0.275 e. The highest BCUT2D eigenvalue weighted by molar-refractivity contribution is 6.29. The standard InChI is InChI=1S/C12H13ClN4O/c1-3-17-9(7-8(2)16-17)12(18)15-11-6-4-5-10(13)14-11/h4-7H,3H2,1-2H3,(H,14,15,18). The van der Waals surface area contributed by atoms with Crippen molar-refractivity contribution in [3.63, 3.8) is 0 Å². The molecule has 2 aromatic rings. The van der Waals surface area contributed by atoms with Crippen LogP contribution in [0.25, 0.3) is 0 Å². The third kappa shape index (κ3) is 2.68. The molecule has 6 heteroatoms. The molecular weight excluding hydrogens is 252 g/mol. The minimum atomic E-state index is -0.243. The van der Waals surface area contributed by atoms with Crippen molar-refractivity contribution in [3.05, 3.63) is 40.8 Å². The lowest BCUT2D eigenvalue weighted by Gasteiger charge is -2.05. The summed E-state index contributed by atoms with van der Waals surface area (Å²) in [5.74, 6) is 0.182. The predicted molar refractivity (Wildman–Crippen MR) is 69.8 cm³/mol. The fraction of sp³-hybridized carbons (Fsp3) is 0.250. The average Bonchev–Trinajstić information content (AvgIpc) is 2.70. The molecule has 0 saturated carbocycles. The molecule has 0 aliphatic rings. The minimum Gasteiger partial charge on any atom is -0.305 e. The summed E-state index contributed by atoms with van der Waals surface area (Å²) in [6.45, 7) is 4.42. The second-order valence-corrected chi connectivity index (χ2v) is 4.17. The van der Waals surface area contributed by atoms with Gasteiger partial charge in [-0.25, -0.2) is 4.98 Å². The van der Waals surface area contributed by atoms with Gasteiger partial charge in [-0.3, -0.25) is 9.48 Å². The van der Waals surface area contributed by atoms with Gasteiger partial charge in [-0.15, -0.1) is 0 Å². The predicted octanol–water partition coefficient (Wildman–Crippen LogP) is 2.51. The summed E-state index contributed by atoms with van der Waals surface area (Å²) in [6.07, 6.45) is 0. The molecule has 0 unspecified atom stereocenters. The fourth-order valence-corrected chi connectivity index (χ4v) is 1.79. The number of rotatable bonds is 3. The molecular formula is C12H13ClN4O. The molecule has 1 amide bonds. The summed E-state index contributed by atoms with van der Waals surface area (Å²) in [4.78, 5) is 16.1. The zero-order valence-corrected chi connectivity index (χ0v) is 10.9. The van der Waals surface area contributed by atoms with E-state index >= 15 is 0 Å². The van der Waals surface area contributed by atoms with Crippen molar-refractivity contribution in [1.29, 1.82) is 0 Å². The lowest BCUT2D eigenvalue weighted by atomic mass is 10.3. The smallest absolute Gasteiger partial charge is 0.275 e. The third-order valence-corrected chi connectivity index (χ3v) is 2.60. The van der Waals surface area contributed by atoms with Gasteiger partial charge >= 0.3 is 0 Å². The quantitative estimate of drug-likeness (QED) is 0.867. The molecule has 0 atom stereocenters. The number of hydrogen-bond acceptors (Lipinski definition) is 3. The number of pyridine rings is 1. The molecule has 18 heavy (non-hydrogen) atoms. The van der Waals surface area contributed by atoms with Crippen molar-refractivity contribution in [2.45, 2.75) is 20.4 Å². The number of nitrogens with one attached hydrogen (secondary N) is 1. The van der Waals surface area contributed by atoms with Crippen molar-refractivity contribution >= 4 is 23.3 Å². The summed E-state index contributed by atoms with van der Waals surface area (Å²) in [5.41, 5.74) is 1.32. The molecule has 2 aromatic heterocycles. The molecule has 0 saturated heterocycles. The number of halogens is 1. The highest BCUT2D eigenvalue weighted by Crippen LogP contribution is 2.11. The molecule has 0 spiro atoms. The summed E-state index contributed by atoms with van der Waals surface area (Å²) >= 11 is 5.76. The molecule has 0 radical (unpaired) electrons. The van der Waals surface area contributed by atoms with E-state index in [0.29, 0.717) is 23.2 Å². The van der Waals surface area contributed by atoms with Crippen LogP contribution in [0.4, 0.5) is 5.82 Å². The van der Waals surface area contributed by atoms with Gasteiger partial charge in [0, 0.05) is 6.54 Å². The topological polar surface area (TPSA) is 59.8 Å². The van der Waals surface area contributed by atoms with Crippen molar-refractivity contribution in [2.75, 3.05) is 5.32 Å². The lowest BCUT2D eigenvalue weighted by molar-refractivity contribution is 0.101. The van der Waals surface area contributed by atoms with Gasteiger partial charge in [0.1, 0.15) is 16.7 Å². The number of hydrogen-bond donors (Lipinski definition) is 1. The maximum absolute atomic E-state index is 12.1. The van der Waals surface area contributed by atoms with Crippen molar-refractivity contribution in [2.24, 2.45) is 0 Å².